The fraction of sp³-hybridized carbons (Fsp3) is 0.444. The number of nitrogens with one attached hydrogen (secondary N) is 1. The number of amides is 1. The lowest BCUT2D eigenvalue weighted by Crippen LogP contribution is -2.17. The van der Waals surface area contributed by atoms with Gasteiger partial charge in [0.25, 0.3) is 5.91 Å². The maximum atomic E-state index is 12.5. The Kier molecular flexibility index (Phi) is 5.15. The van der Waals surface area contributed by atoms with Crippen LogP contribution in [-0.4, -0.2) is 15.7 Å². The Morgan fingerprint density at radius 3 is 2.39 bits per heavy atom. The van der Waals surface area contributed by atoms with Crippen molar-refractivity contribution in [1.29, 1.82) is 0 Å². The smallest absolute Gasteiger partial charge is 0.275 e. The van der Waals surface area contributed by atoms with Gasteiger partial charge in [-0.15, -0.1) is 0 Å². The first kappa shape index (κ1) is 17.5. The molecule has 0 saturated carbocycles. The van der Waals surface area contributed by atoms with Gasteiger partial charge in [0, 0.05) is 12.7 Å². The summed E-state index contributed by atoms with van der Waals surface area (Å²) < 4.78 is 1.55. The van der Waals surface area contributed by atoms with Crippen LogP contribution in [0.3, 0.4) is 0 Å². The van der Waals surface area contributed by atoms with Gasteiger partial charge in [-0.2, -0.15) is 5.10 Å². The third-order valence-electron chi connectivity index (χ3n) is 3.77. The normalized spacial score (nSPS) is 11.6. The van der Waals surface area contributed by atoms with E-state index in [-0.39, 0.29) is 11.3 Å². The molecule has 1 heterocycles. The van der Waals surface area contributed by atoms with Crippen molar-refractivity contribution in [1.82, 2.24) is 9.78 Å². The van der Waals surface area contributed by atoms with Gasteiger partial charge in [-0.05, 0) is 29.5 Å². The number of aromatic nitrogens is 2. The molecule has 1 amide bonds. The van der Waals surface area contributed by atoms with Crippen LogP contribution < -0.4 is 5.32 Å². The SMILES string of the molecule is CCCc1nn(C)c(C(=O)Nc2ccc(C(C)(C)C)cc2)c1Cl. The van der Waals surface area contributed by atoms with Gasteiger partial charge in [-0.25, -0.2) is 0 Å². The van der Waals surface area contributed by atoms with Crippen LogP contribution in [0.25, 0.3) is 0 Å². The number of hydrogen-bond donors (Lipinski definition) is 1. The van der Waals surface area contributed by atoms with Gasteiger partial charge < -0.3 is 5.32 Å². The number of hydrogen-bond acceptors (Lipinski definition) is 2. The fourth-order valence-electron chi connectivity index (χ4n) is 2.44. The molecule has 0 spiro atoms. The molecule has 5 heteroatoms. The molecule has 0 saturated heterocycles. The van der Waals surface area contributed by atoms with Gasteiger partial charge in [0.15, 0.2) is 0 Å². The van der Waals surface area contributed by atoms with Crippen LogP contribution in [0.2, 0.25) is 5.02 Å². The quantitative estimate of drug-likeness (QED) is 0.890. The predicted octanol–water partition coefficient (Wildman–Crippen LogP) is 4.58. The largest absolute Gasteiger partial charge is 0.321 e. The average molecular weight is 334 g/mol. The number of benzene rings is 1. The molecule has 23 heavy (non-hydrogen) atoms. The minimum atomic E-state index is -0.240. The Morgan fingerprint density at radius 2 is 1.87 bits per heavy atom. The molecule has 2 rings (SSSR count). The van der Waals surface area contributed by atoms with E-state index < -0.39 is 0 Å². The van der Waals surface area contributed by atoms with Gasteiger partial charge in [-0.3, -0.25) is 9.48 Å². The zero-order valence-corrected chi connectivity index (χ0v) is 15.2. The number of carbonyl (C=O) groups excluding carboxylic acids is 1. The summed E-state index contributed by atoms with van der Waals surface area (Å²) in [6.45, 7) is 8.53. The first-order valence-corrected chi connectivity index (χ1v) is 8.25. The van der Waals surface area contributed by atoms with Crippen LogP contribution in [0.5, 0.6) is 0 Å². The molecule has 0 aliphatic heterocycles. The summed E-state index contributed by atoms with van der Waals surface area (Å²) in [6.07, 6.45) is 1.70. The van der Waals surface area contributed by atoms with Crippen molar-refractivity contribution >= 4 is 23.2 Å². The van der Waals surface area contributed by atoms with Crippen molar-refractivity contribution in [2.24, 2.45) is 7.05 Å². The zero-order chi connectivity index (χ0) is 17.2. The van der Waals surface area contributed by atoms with Crippen LogP contribution in [0.15, 0.2) is 24.3 Å². The van der Waals surface area contributed by atoms with Crippen molar-refractivity contribution < 1.29 is 4.79 Å². The molecule has 0 radical (unpaired) electrons. The Morgan fingerprint density at radius 1 is 1.26 bits per heavy atom. The number of anilines is 1. The van der Waals surface area contributed by atoms with E-state index in [0.717, 1.165) is 24.2 Å². The Bertz CT molecular complexity index is 696. The second-order valence-corrected chi connectivity index (χ2v) is 7.14. The van der Waals surface area contributed by atoms with E-state index in [2.05, 4.69) is 38.1 Å². The summed E-state index contributed by atoms with van der Waals surface area (Å²) in [5, 5.41) is 7.67. The maximum Gasteiger partial charge on any atom is 0.275 e. The van der Waals surface area contributed by atoms with Crippen molar-refractivity contribution in [2.75, 3.05) is 5.32 Å². The number of carbonyl (C=O) groups is 1. The number of rotatable bonds is 4. The number of nitrogens with zero attached hydrogens (tertiary/aromatic N) is 2. The molecular formula is C18H24ClN3O. The molecule has 0 aliphatic carbocycles. The monoisotopic (exact) mass is 333 g/mol. The second-order valence-electron chi connectivity index (χ2n) is 6.76. The average Bonchev–Trinajstić information content (AvgIpc) is 2.73. The van der Waals surface area contributed by atoms with E-state index in [4.69, 9.17) is 11.6 Å². The number of aryl methyl sites for hydroxylation is 2. The van der Waals surface area contributed by atoms with Crippen molar-refractivity contribution in [3.63, 3.8) is 0 Å². The van der Waals surface area contributed by atoms with Crippen molar-refractivity contribution in [3.8, 4) is 0 Å². The topological polar surface area (TPSA) is 46.9 Å². The molecule has 0 unspecified atom stereocenters. The molecule has 0 atom stereocenters. The van der Waals surface area contributed by atoms with Gasteiger partial charge in [0.1, 0.15) is 5.69 Å². The van der Waals surface area contributed by atoms with E-state index in [9.17, 15) is 4.79 Å². The second kappa shape index (κ2) is 6.75. The van der Waals surface area contributed by atoms with Crippen molar-refractivity contribution in [3.05, 3.63) is 46.2 Å². The molecule has 0 aliphatic rings. The van der Waals surface area contributed by atoms with Crippen LogP contribution in [0.1, 0.15) is 55.9 Å². The van der Waals surface area contributed by atoms with E-state index in [1.54, 1.807) is 11.7 Å². The first-order chi connectivity index (χ1) is 10.7. The minimum absolute atomic E-state index is 0.0862. The Labute approximate surface area is 142 Å². The van der Waals surface area contributed by atoms with Crippen LogP contribution in [0.4, 0.5) is 5.69 Å². The summed E-state index contributed by atoms with van der Waals surface area (Å²) in [6, 6.07) is 7.89. The van der Waals surface area contributed by atoms with Crippen LogP contribution >= 0.6 is 11.6 Å². The molecule has 1 aromatic heterocycles. The van der Waals surface area contributed by atoms with Gasteiger partial charge in [-0.1, -0.05) is 57.8 Å². The highest BCUT2D eigenvalue weighted by molar-refractivity contribution is 6.34. The van der Waals surface area contributed by atoms with E-state index >= 15 is 0 Å². The highest BCUT2D eigenvalue weighted by Crippen LogP contribution is 2.25. The predicted molar refractivity (Wildman–Crippen MR) is 95.3 cm³/mol. The molecule has 0 bridgehead atoms. The lowest BCUT2D eigenvalue weighted by atomic mass is 9.87. The first-order valence-electron chi connectivity index (χ1n) is 7.87. The van der Waals surface area contributed by atoms with E-state index in [0.29, 0.717) is 10.7 Å². The lowest BCUT2D eigenvalue weighted by molar-refractivity contribution is 0.101. The summed E-state index contributed by atoms with van der Waals surface area (Å²) in [5.41, 5.74) is 3.22. The van der Waals surface area contributed by atoms with Crippen LogP contribution in [0, 0.1) is 0 Å². The summed E-state index contributed by atoms with van der Waals surface area (Å²) in [7, 11) is 1.74. The van der Waals surface area contributed by atoms with Crippen molar-refractivity contribution in [2.45, 2.75) is 46.0 Å². The number of halogens is 1. The standard InChI is InChI=1S/C18H24ClN3O/c1-6-7-14-15(19)16(22(5)21-14)17(23)20-13-10-8-12(9-11-13)18(2,3)4/h8-11H,6-7H2,1-5H3,(H,20,23). The van der Waals surface area contributed by atoms with E-state index in [1.165, 1.54) is 5.56 Å². The highest BCUT2D eigenvalue weighted by atomic mass is 35.5. The van der Waals surface area contributed by atoms with Gasteiger partial charge in [0.2, 0.25) is 0 Å². The Balaban J connectivity index is 2.19. The van der Waals surface area contributed by atoms with Gasteiger partial charge >= 0.3 is 0 Å². The van der Waals surface area contributed by atoms with E-state index in [1.807, 2.05) is 24.3 Å². The zero-order valence-electron chi connectivity index (χ0n) is 14.4. The third kappa shape index (κ3) is 3.94. The highest BCUT2D eigenvalue weighted by Gasteiger charge is 2.20. The summed E-state index contributed by atoms with van der Waals surface area (Å²) in [4.78, 5) is 12.5. The summed E-state index contributed by atoms with van der Waals surface area (Å²) in [5.74, 6) is -0.240. The minimum Gasteiger partial charge on any atom is -0.321 e. The third-order valence-corrected chi connectivity index (χ3v) is 4.16. The Hall–Kier alpha value is -1.81. The maximum absolute atomic E-state index is 12.5. The molecule has 1 aromatic carbocycles. The molecule has 124 valence electrons. The lowest BCUT2D eigenvalue weighted by Gasteiger charge is -2.19. The molecule has 1 N–H and O–H groups in total. The molecule has 2 aromatic rings. The van der Waals surface area contributed by atoms with Gasteiger partial charge in [0.05, 0.1) is 10.7 Å². The fourth-order valence-corrected chi connectivity index (χ4v) is 2.78. The molecule has 0 fully saturated rings. The van der Waals surface area contributed by atoms with Crippen LogP contribution in [-0.2, 0) is 18.9 Å². The summed E-state index contributed by atoms with van der Waals surface area (Å²) >= 11 is 6.31. The molecular weight excluding hydrogens is 310 g/mol. The molecule has 4 nitrogen and oxygen atoms in total.